The minimum atomic E-state index is -0.273. The van der Waals surface area contributed by atoms with Gasteiger partial charge in [-0.15, -0.1) is 0 Å². The molecular formula is C13H20ClN3O2. The van der Waals surface area contributed by atoms with Gasteiger partial charge in [0.15, 0.2) is 0 Å². The van der Waals surface area contributed by atoms with E-state index in [1.165, 1.54) is 0 Å². The molecule has 0 aliphatic heterocycles. The molecule has 1 saturated carbocycles. The molecule has 0 saturated heterocycles. The summed E-state index contributed by atoms with van der Waals surface area (Å²) in [6.45, 7) is 4.30. The molecule has 1 unspecified atom stereocenters. The number of nitrogens with zero attached hydrogens (tertiary/aromatic N) is 1. The summed E-state index contributed by atoms with van der Waals surface area (Å²) in [5.74, 6) is 0.513. The van der Waals surface area contributed by atoms with Crippen LogP contribution < -0.4 is 11.1 Å². The molecule has 1 aliphatic rings. The molecule has 0 bridgehead atoms. The van der Waals surface area contributed by atoms with Gasteiger partial charge in [-0.05, 0) is 50.6 Å². The molecule has 5 nitrogen and oxygen atoms in total. The number of halogens is 1. The third kappa shape index (κ3) is 3.28. The SMILES string of the molecule is Cc1noc(Cl)c1CCC(=O)NC(C)(CN)C1CC1. The van der Waals surface area contributed by atoms with Crippen LogP contribution in [0.5, 0.6) is 0 Å². The van der Waals surface area contributed by atoms with E-state index in [4.69, 9.17) is 21.9 Å². The lowest BCUT2D eigenvalue weighted by molar-refractivity contribution is -0.123. The Balaban J connectivity index is 1.88. The molecule has 1 amide bonds. The van der Waals surface area contributed by atoms with Gasteiger partial charge in [0.05, 0.1) is 11.2 Å². The smallest absolute Gasteiger partial charge is 0.229 e. The van der Waals surface area contributed by atoms with Gasteiger partial charge in [0.2, 0.25) is 11.1 Å². The Morgan fingerprint density at radius 1 is 1.63 bits per heavy atom. The third-order valence-electron chi connectivity index (χ3n) is 3.87. The number of carbonyl (C=O) groups excluding carboxylic acids is 1. The number of carbonyl (C=O) groups is 1. The van der Waals surface area contributed by atoms with E-state index in [0.29, 0.717) is 25.3 Å². The lowest BCUT2D eigenvalue weighted by Gasteiger charge is -2.29. The summed E-state index contributed by atoms with van der Waals surface area (Å²) in [5, 5.41) is 7.09. The molecule has 1 aromatic rings. The topological polar surface area (TPSA) is 81.2 Å². The average Bonchev–Trinajstić information content (AvgIpc) is 3.16. The zero-order valence-corrected chi connectivity index (χ0v) is 12.1. The fraction of sp³-hybridized carbons (Fsp3) is 0.692. The van der Waals surface area contributed by atoms with Crippen LogP contribution in [0, 0.1) is 12.8 Å². The molecule has 0 radical (unpaired) electrons. The number of aryl methyl sites for hydroxylation is 1. The van der Waals surface area contributed by atoms with Crippen molar-refractivity contribution in [1.82, 2.24) is 10.5 Å². The molecule has 1 aromatic heterocycles. The lowest BCUT2D eigenvalue weighted by Crippen LogP contribution is -2.53. The molecule has 1 fully saturated rings. The normalized spacial score (nSPS) is 18.1. The molecule has 1 aliphatic carbocycles. The van der Waals surface area contributed by atoms with E-state index >= 15 is 0 Å². The number of nitrogens with two attached hydrogens (primary N) is 1. The quantitative estimate of drug-likeness (QED) is 0.835. The Morgan fingerprint density at radius 2 is 2.32 bits per heavy atom. The van der Waals surface area contributed by atoms with Gasteiger partial charge in [0.25, 0.3) is 0 Å². The van der Waals surface area contributed by atoms with Gasteiger partial charge in [-0.25, -0.2) is 0 Å². The first-order valence-electron chi connectivity index (χ1n) is 6.58. The van der Waals surface area contributed by atoms with Crippen LogP contribution in [0.25, 0.3) is 0 Å². The Hall–Kier alpha value is -1.07. The molecular weight excluding hydrogens is 266 g/mol. The highest BCUT2D eigenvalue weighted by Gasteiger charge is 2.41. The third-order valence-corrected chi connectivity index (χ3v) is 4.16. The number of hydrogen-bond donors (Lipinski definition) is 2. The fourth-order valence-electron chi connectivity index (χ4n) is 2.30. The van der Waals surface area contributed by atoms with Gasteiger partial charge >= 0.3 is 0 Å². The minimum Gasteiger partial charge on any atom is -0.349 e. The largest absolute Gasteiger partial charge is 0.349 e. The molecule has 1 atom stereocenters. The number of rotatable bonds is 6. The zero-order chi connectivity index (χ0) is 14.0. The molecule has 6 heteroatoms. The second kappa shape index (κ2) is 5.51. The number of amides is 1. The Labute approximate surface area is 117 Å². The van der Waals surface area contributed by atoms with Gasteiger partial charge in [0.1, 0.15) is 0 Å². The lowest BCUT2D eigenvalue weighted by atomic mass is 9.95. The summed E-state index contributed by atoms with van der Waals surface area (Å²) in [7, 11) is 0. The highest BCUT2D eigenvalue weighted by atomic mass is 35.5. The summed E-state index contributed by atoms with van der Waals surface area (Å²) in [6.07, 6.45) is 3.19. The second-order valence-electron chi connectivity index (χ2n) is 5.46. The molecule has 3 N–H and O–H groups in total. The minimum absolute atomic E-state index is 0.00323. The summed E-state index contributed by atoms with van der Waals surface area (Å²) < 4.78 is 4.86. The maximum Gasteiger partial charge on any atom is 0.229 e. The van der Waals surface area contributed by atoms with Crippen LogP contribution >= 0.6 is 11.6 Å². The van der Waals surface area contributed by atoms with Crippen LogP contribution in [0.2, 0.25) is 5.22 Å². The van der Waals surface area contributed by atoms with E-state index in [2.05, 4.69) is 10.5 Å². The van der Waals surface area contributed by atoms with E-state index in [0.717, 1.165) is 24.1 Å². The maximum atomic E-state index is 12.0. The molecule has 106 valence electrons. The first-order chi connectivity index (χ1) is 8.96. The average molecular weight is 286 g/mol. The van der Waals surface area contributed by atoms with Crippen molar-refractivity contribution in [2.45, 2.75) is 45.1 Å². The van der Waals surface area contributed by atoms with Crippen molar-refractivity contribution in [3.8, 4) is 0 Å². The highest BCUT2D eigenvalue weighted by molar-refractivity contribution is 6.29. The van der Waals surface area contributed by atoms with Crippen LogP contribution in [0.3, 0.4) is 0 Å². The standard InChI is InChI=1S/C13H20ClN3O2/c1-8-10(12(14)19-17-8)5-6-11(18)16-13(2,7-15)9-3-4-9/h9H,3-7,15H2,1-2H3,(H,16,18). The molecule has 0 aromatic carbocycles. The molecule has 0 spiro atoms. The van der Waals surface area contributed by atoms with Crippen molar-refractivity contribution in [3.05, 3.63) is 16.5 Å². The van der Waals surface area contributed by atoms with E-state index in [1.807, 2.05) is 13.8 Å². The summed E-state index contributed by atoms with van der Waals surface area (Å²) in [6, 6.07) is 0. The Bertz CT molecular complexity index is 451. The van der Waals surface area contributed by atoms with Crippen LogP contribution in [0.4, 0.5) is 0 Å². The van der Waals surface area contributed by atoms with Crippen LogP contribution in [-0.2, 0) is 11.2 Å². The van der Waals surface area contributed by atoms with Crippen molar-refractivity contribution in [1.29, 1.82) is 0 Å². The molecule has 2 rings (SSSR count). The van der Waals surface area contributed by atoms with Crippen molar-refractivity contribution < 1.29 is 9.32 Å². The molecule has 1 heterocycles. The van der Waals surface area contributed by atoms with Crippen molar-refractivity contribution >= 4 is 17.5 Å². The zero-order valence-electron chi connectivity index (χ0n) is 11.3. The van der Waals surface area contributed by atoms with E-state index in [-0.39, 0.29) is 16.7 Å². The van der Waals surface area contributed by atoms with Gasteiger partial charge < -0.3 is 15.6 Å². The first-order valence-corrected chi connectivity index (χ1v) is 6.96. The Kier molecular flexibility index (Phi) is 4.16. The number of aromatic nitrogens is 1. The summed E-state index contributed by atoms with van der Waals surface area (Å²) in [4.78, 5) is 12.0. The van der Waals surface area contributed by atoms with Crippen molar-refractivity contribution in [3.63, 3.8) is 0 Å². The van der Waals surface area contributed by atoms with Crippen molar-refractivity contribution in [2.75, 3.05) is 6.54 Å². The van der Waals surface area contributed by atoms with Crippen LogP contribution in [-0.4, -0.2) is 23.1 Å². The maximum absolute atomic E-state index is 12.0. The van der Waals surface area contributed by atoms with E-state index in [1.54, 1.807) is 0 Å². The Morgan fingerprint density at radius 3 is 2.79 bits per heavy atom. The van der Waals surface area contributed by atoms with Gasteiger partial charge in [0, 0.05) is 18.5 Å². The van der Waals surface area contributed by atoms with Gasteiger partial charge in [-0.3, -0.25) is 4.79 Å². The predicted octanol–water partition coefficient (Wildman–Crippen LogP) is 1.81. The number of hydrogen-bond acceptors (Lipinski definition) is 4. The van der Waals surface area contributed by atoms with E-state index in [9.17, 15) is 4.79 Å². The second-order valence-corrected chi connectivity index (χ2v) is 5.81. The monoisotopic (exact) mass is 285 g/mol. The predicted molar refractivity (Wildman–Crippen MR) is 72.9 cm³/mol. The first kappa shape index (κ1) is 14.3. The van der Waals surface area contributed by atoms with Crippen LogP contribution in [0.15, 0.2) is 4.52 Å². The summed E-state index contributed by atoms with van der Waals surface area (Å²) in [5.41, 5.74) is 7.04. The van der Waals surface area contributed by atoms with Gasteiger partial charge in [-0.1, -0.05) is 5.16 Å². The summed E-state index contributed by atoms with van der Waals surface area (Å²) >= 11 is 5.87. The van der Waals surface area contributed by atoms with E-state index < -0.39 is 0 Å². The van der Waals surface area contributed by atoms with Crippen LogP contribution in [0.1, 0.15) is 37.4 Å². The number of nitrogens with one attached hydrogen (secondary N) is 1. The van der Waals surface area contributed by atoms with Crippen molar-refractivity contribution in [2.24, 2.45) is 11.7 Å². The fourth-order valence-corrected chi connectivity index (χ4v) is 2.57. The molecule has 19 heavy (non-hydrogen) atoms. The highest BCUT2D eigenvalue weighted by Crippen LogP contribution is 2.39. The van der Waals surface area contributed by atoms with Gasteiger partial charge in [-0.2, -0.15) is 0 Å².